The summed E-state index contributed by atoms with van der Waals surface area (Å²) in [6.07, 6.45) is 1.53. The Balaban J connectivity index is 2.75. The summed E-state index contributed by atoms with van der Waals surface area (Å²) < 4.78 is 4.81. The third-order valence-corrected chi connectivity index (χ3v) is 1.63. The molecule has 0 bridgehead atoms. The van der Waals surface area contributed by atoms with Crippen LogP contribution in [0.15, 0.2) is 9.32 Å². The summed E-state index contributed by atoms with van der Waals surface area (Å²) in [6.45, 7) is 2.37. The first-order valence-electron chi connectivity index (χ1n) is 3.62. The third-order valence-electron chi connectivity index (χ3n) is 1.63. The fourth-order valence-electron chi connectivity index (χ4n) is 0.974. The Hall–Kier alpha value is -1.03. The summed E-state index contributed by atoms with van der Waals surface area (Å²) >= 11 is 0. The molecular formula is C7H12N2O2. The maximum atomic E-state index is 11.0. The molecule has 1 rings (SSSR count). The minimum Gasteiger partial charge on any atom is -0.384 e. The zero-order valence-corrected chi connectivity index (χ0v) is 6.52. The molecule has 0 aliphatic rings. The molecule has 0 amide bonds. The van der Waals surface area contributed by atoms with Gasteiger partial charge in [0.2, 0.25) is 0 Å². The Morgan fingerprint density at radius 1 is 1.64 bits per heavy atom. The van der Waals surface area contributed by atoms with Gasteiger partial charge in [0.1, 0.15) is 5.76 Å². The van der Waals surface area contributed by atoms with Gasteiger partial charge in [-0.05, 0) is 26.3 Å². The number of rotatable bonds is 3. The van der Waals surface area contributed by atoms with Crippen molar-refractivity contribution in [2.45, 2.75) is 19.8 Å². The van der Waals surface area contributed by atoms with Gasteiger partial charge >= 0.3 is 0 Å². The predicted molar refractivity (Wildman–Crippen MR) is 41.4 cm³/mol. The Labute approximate surface area is 64.4 Å². The number of aryl methyl sites for hydroxylation is 1. The van der Waals surface area contributed by atoms with E-state index >= 15 is 0 Å². The van der Waals surface area contributed by atoms with E-state index in [0.29, 0.717) is 18.7 Å². The molecule has 0 aliphatic heterocycles. The predicted octanol–water partition coefficient (Wildman–Crippen LogP) is 0.168. The Bertz CT molecular complexity index is 274. The highest BCUT2D eigenvalue weighted by Crippen LogP contribution is 2.02. The molecule has 62 valence electrons. The van der Waals surface area contributed by atoms with Gasteiger partial charge in [-0.15, -0.1) is 0 Å². The van der Waals surface area contributed by atoms with Crippen LogP contribution in [0.5, 0.6) is 0 Å². The molecule has 0 saturated carbocycles. The number of nitrogens with one attached hydrogen (secondary N) is 1. The number of aromatic amines is 1. The molecule has 0 aliphatic carbocycles. The smallest absolute Gasteiger partial charge is 0.283 e. The summed E-state index contributed by atoms with van der Waals surface area (Å²) in [4.78, 5) is 11.0. The molecule has 0 unspecified atom stereocenters. The fourth-order valence-corrected chi connectivity index (χ4v) is 0.974. The van der Waals surface area contributed by atoms with Gasteiger partial charge in [-0.1, -0.05) is 0 Å². The molecule has 0 aromatic carbocycles. The van der Waals surface area contributed by atoms with Crippen LogP contribution in [-0.4, -0.2) is 11.7 Å². The molecule has 0 fully saturated rings. The normalized spacial score (nSPS) is 10.4. The van der Waals surface area contributed by atoms with Gasteiger partial charge in [-0.3, -0.25) is 4.79 Å². The van der Waals surface area contributed by atoms with Crippen LogP contribution in [0.25, 0.3) is 0 Å². The van der Waals surface area contributed by atoms with Crippen LogP contribution in [0, 0.1) is 6.92 Å². The minimum atomic E-state index is -0.129. The topological polar surface area (TPSA) is 72.0 Å². The van der Waals surface area contributed by atoms with Crippen molar-refractivity contribution in [2.75, 3.05) is 6.54 Å². The highest BCUT2D eigenvalue weighted by molar-refractivity contribution is 5.11. The molecule has 0 radical (unpaired) electrons. The highest BCUT2D eigenvalue weighted by atomic mass is 16.5. The number of aromatic nitrogens is 1. The minimum absolute atomic E-state index is 0.129. The fraction of sp³-hybridized carbons (Fsp3) is 0.571. The average molecular weight is 156 g/mol. The average Bonchev–Trinajstić information content (AvgIpc) is 2.29. The second-order valence-electron chi connectivity index (χ2n) is 2.46. The van der Waals surface area contributed by atoms with Crippen molar-refractivity contribution in [3.8, 4) is 0 Å². The van der Waals surface area contributed by atoms with Crippen LogP contribution < -0.4 is 11.3 Å². The van der Waals surface area contributed by atoms with Crippen molar-refractivity contribution in [3.63, 3.8) is 0 Å². The summed E-state index contributed by atoms with van der Waals surface area (Å²) in [5, 5.41) is 2.27. The van der Waals surface area contributed by atoms with E-state index in [1.807, 2.05) is 0 Å². The molecule has 1 heterocycles. The molecule has 0 atom stereocenters. The lowest BCUT2D eigenvalue weighted by molar-refractivity contribution is 0.391. The van der Waals surface area contributed by atoms with Gasteiger partial charge < -0.3 is 10.3 Å². The molecule has 0 spiro atoms. The van der Waals surface area contributed by atoms with Crippen LogP contribution in [0.4, 0.5) is 0 Å². The maximum absolute atomic E-state index is 11.0. The maximum Gasteiger partial charge on any atom is 0.283 e. The van der Waals surface area contributed by atoms with Crippen molar-refractivity contribution in [3.05, 3.63) is 21.7 Å². The molecule has 4 nitrogen and oxygen atoms in total. The van der Waals surface area contributed by atoms with E-state index in [0.717, 1.165) is 12.0 Å². The summed E-state index contributed by atoms with van der Waals surface area (Å²) in [6, 6.07) is 0. The quantitative estimate of drug-likeness (QED) is 0.655. The SMILES string of the molecule is Cc1o[nH]c(=O)c1CCCN. The standard InChI is InChI=1S/C7H12N2O2/c1-5-6(3-2-4-8)7(10)9-11-5/h2-4,8H2,1H3,(H,9,10). The molecule has 1 aromatic heterocycles. The monoisotopic (exact) mass is 156 g/mol. The van der Waals surface area contributed by atoms with Crippen LogP contribution >= 0.6 is 0 Å². The molecule has 0 saturated heterocycles. The van der Waals surface area contributed by atoms with Gasteiger partial charge in [0.15, 0.2) is 0 Å². The van der Waals surface area contributed by atoms with Crippen molar-refractivity contribution in [2.24, 2.45) is 5.73 Å². The summed E-state index contributed by atoms with van der Waals surface area (Å²) in [5.74, 6) is 0.670. The van der Waals surface area contributed by atoms with E-state index in [2.05, 4.69) is 5.16 Å². The first-order valence-corrected chi connectivity index (χ1v) is 3.62. The van der Waals surface area contributed by atoms with E-state index in [1.165, 1.54) is 0 Å². The lowest BCUT2D eigenvalue weighted by atomic mass is 10.1. The summed E-state index contributed by atoms with van der Waals surface area (Å²) in [5.41, 5.74) is 5.89. The second kappa shape index (κ2) is 3.39. The second-order valence-corrected chi connectivity index (χ2v) is 2.46. The Morgan fingerprint density at radius 3 is 2.82 bits per heavy atom. The Morgan fingerprint density at radius 2 is 2.36 bits per heavy atom. The number of nitrogens with two attached hydrogens (primary N) is 1. The first-order chi connectivity index (χ1) is 5.25. The van der Waals surface area contributed by atoms with Crippen molar-refractivity contribution >= 4 is 0 Å². The molecule has 11 heavy (non-hydrogen) atoms. The van der Waals surface area contributed by atoms with Crippen LogP contribution in [-0.2, 0) is 6.42 Å². The van der Waals surface area contributed by atoms with Gasteiger partial charge in [-0.25, -0.2) is 0 Å². The number of H-pyrrole nitrogens is 1. The lowest BCUT2D eigenvalue weighted by Crippen LogP contribution is -2.09. The first kappa shape index (κ1) is 8.07. The van der Waals surface area contributed by atoms with Crippen LogP contribution in [0.1, 0.15) is 17.7 Å². The van der Waals surface area contributed by atoms with Crippen molar-refractivity contribution in [1.29, 1.82) is 0 Å². The van der Waals surface area contributed by atoms with Gasteiger partial charge in [-0.2, -0.15) is 5.16 Å². The van der Waals surface area contributed by atoms with Gasteiger partial charge in [0, 0.05) is 0 Å². The Kier molecular flexibility index (Phi) is 2.48. The van der Waals surface area contributed by atoms with Crippen molar-refractivity contribution in [1.82, 2.24) is 5.16 Å². The zero-order valence-electron chi connectivity index (χ0n) is 6.52. The largest absolute Gasteiger partial charge is 0.384 e. The number of hydrogen-bond donors (Lipinski definition) is 2. The highest BCUT2D eigenvalue weighted by Gasteiger charge is 2.06. The van der Waals surface area contributed by atoms with Crippen LogP contribution in [0.3, 0.4) is 0 Å². The van der Waals surface area contributed by atoms with Crippen molar-refractivity contribution < 1.29 is 4.52 Å². The summed E-state index contributed by atoms with van der Waals surface area (Å²) in [7, 11) is 0. The van der Waals surface area contributed by atoms with Gasteiger partial charge in [0.25, 0.3) is 5.56 Å². The van der Waals surface area contributed by atoms with E-state index in [4.69, 9.17) is 10.3 Å². The lowest BCUT2D eigenvalue weighted by Gasteiger charge is -1.91. The van der Waals surface area contributed by atoms with E-state index in [1.54, 1.807) is 6.92 Å². The number of hydrogen-bond acceptors (Lipinski definition) is 3. The molecule has 1 aromatic rings. The molecule has 3 N–H and O–H groups in total. The van der Waals surface area contributed by atoms with E-state index in [9.17, 15) is 4.79 Å². The van der Waals surface area contributed by atoms with Gasteiger partial charge in [0.05, 0.1) is 5.56 Å². The zero-order chi connectivity index (χ0) is 8.27. The third kappa shape index (κ3) is 1.71. The van der Waals surface area contributed by atoms with Crippen LogP contribution in [0.2, 0.25) is 0 Å². The molecule has 4 heteroatoms. The van der Waals surface area contributed by atoms with E-state index < -0.39 is 0 Å². The van der Waals surface area contributed by atoms with E-state index in [-0.39, 0.29) is 5.56 Å². The molecular weight excluding hydrogens is 144 g/mol.